The summed E-state index contributed by atoms with van der Waals surface area (Å²) < 4.78 is 10.9. The Hall–Kier alpha value is -2.34. The molecule has 134 valence electrons. The Balaban J connectivity index is 1.40. The molecule has 1 N–H and O–H groups in total. The van der Waals surface area contributed by atoms with Gasteiger partial charge in [0, 0.05) is 37.3 Å². The smallest absolute Gasteiger partial charge is 0.409 e. The van der Waals surface area contributed by atoms with E-state index in [1.807, 2.05) is 37.3 Å². The summed E-state index contributed by atoms with van der Waals surface area (Å²) in [6, 6.07) is 10.3. The number of amides is 1. The molecule has 1 aromatic carbocycles. The van der Waals surface area contributed by atoms with Crippen molar-refractivity contribution >= 4 is 17.0 Å². The summed E-state index contributed by atoms with van der Waals surface area (Å²) in [4.78, 5) is 17.9. The van der Waals surface area contributed by atoms with E-state index in [4.69, 9.17) is 9.47 Å². The molecule has 0 radical (unpaired) electrons. The zero-order valence-electron chi connectivity index (χ0n) is 14.6. The van der Waals surface area contributed by atoms with E-state index < -0.39 is 0 Å². The summed E-state index contributed by atoms with van der Waals surface area (Å²) in [7, 11) is 0. The van der Waals surface area contributed by atoms with Crippen LogP contribution in [0.15, 0.2) is 36.5 Å². The van der Waals surface area contributed by atoms with Gasteiger partial charge in [0.1, 0.15) is 17.9 Å². The molecule has 1 amide bonds. The van der Waals surface area contributed by atoms with E-state index in [2.05, 4.69) is 10.3 Å². The minimum Gasteiger partial charge on any atom is -0.490 e. The van der Waals surface area contributed by atoms with E-state index in [0.717, 1.165) is 49.1 Å². The van der Waals surface area contributed by atoms with Crippen LogP contribution in [0.2, 0.25) is 0 Å². The highest BCUT2D eigenvalue weighted by Gasteiger charge is 2.22. The Morgan fingerprint density at radius 3 is 2.88 bits per heavy atom. The fourth-order valence-corrected chi connectivity index (χ4v) is 3.10. The number of pyridine rings is 1. The minimum atomic E-state index is -0.201. The third-order valence-corrected chi connectivity index (χ3v) is 4.41. The molecule has 0 saturated carbocycles. The second kappa shape index (κ2) is 8.67. The number of aromatic nitrogens is 1. The zero-order valence-corrected chi connectivity index (χ0v) is 14.6. The first-order valence-corrected chi connectivity index (χ1v) is 8.89. The Bertz CT molecular complexity index is 694. The van der Waals surface area contributed by atoms with Gasteiger partial charge in [-0.25, -0.2) is 4.79 Å². The van der Waals surface area contributed by atoms with Gasteiger partial charge in [-0.2, -0.15) is 0 Å². The van der Waals surface area contributed by atoms with Crippen molar-refractivity contribution in [2.24, 2.45) is 0 Å². The normalized spacial score (nSPS) is 15.3. The van der Waals surface area contributed by atoms with Gasteiger partial charge in [0.25, 0.3) is 0 Å². The number of hydrogen-bond donors (Lipinski definition) is 1. The first kappa shape index (κ1) is 17.5. The fourth-order valence-electron chi connectivity index (χ4n) is 3.10. The van der Waals surface area contributed by atoms with Gasteiger partial charge < -0.3 is 19.7 Å². The second-order valence-corrected chi connectivity index (χ2v) is 6.09. The molecule has 0 spiro atoms. The summed E-state index contributed by atoms with van der Waals surface area (Å²) in [5.74, 6) is 0.817. The van der Waals surface area contributed by atoms with Crippen LogP contribution >= 0.6 is 0 Å². The van der Waals surface area contributed by atoms with E-state index in [9.17, 15) is 4.79 Å². The van der Waals surface area contributed by atoms with Crippen molar-refractivity contribution in [2.75, 3.05) is 32.8 Å². The lowest BCUT2D eigenvalue weighted by Crippen LogP contribution is -2.45. The number of carbonyl (C=O) groups is 1. The third kappa shape index (κ3) is 4.60. The lowest BCUT2D eigenvalue weighted by molar-refractivity contribution is 0.0948. The van der Waals surface area contributed by atoms with Gasteiger partial charge in [-0.3, -0.25) is 4.98 Å². The highest BCUT2D eigenvalue weighted by Crippen LogP contribution is 2.22. The monoisotopic (exact) mass is 343 g/mol. The topological polar surface area (TPSA) is 63.7 Å². The molecule has 3 rings (SSSR count). The zero-order chi connectivity index (χ0) is 17.5. The Morgan fingerprint density at radius 1 is 1.28 bits per heavy atom. The molecular formula is C19H25N3O3. The number of piperidine rings is 1. The van der Waals surface area contributed by atoms with Crippen molar-refractivity contribution < 1.29 is 14.3 Å². The minimum absolute atomic E-state index is 0.201. The largest absolute Gasteiger partial charge is 0.490 e. The number of nitrogens with one attached hydrogen (secondary N) is 1. The molecule has 6 heteroatoms. The fraction of sp³-hybridized carbons (Fsp3) is 0.474. The summed E-state index contributed by atoms with van der Waals surface area (Å²) >= 11 is 0. The van der Waals surface area contributed by atoms with Crippen LogP contribution in [0.5, 0.6) is 5.75 Å². The number of para-hydroxylation sites is 1. The van der Waals surface area contributed by atoms with Crippen molar-refractivity contribution in [1.29, 1.82) is 0 Å². The summed E-state index contributed by atoms with van der Waals surface area (Å²) in [6.45, 7) is 5.10. The molecule has 2 heterocycles. The SMILES string of the molecule is CCOC(=O)N1CCC(NCCOc2cccc3cccnc23)CC1. The maximum absolute atomic E-state index is 11.7. The van der Waals surface area contributed by atoms with Crippen molar-refractivity contribution in [3.8, 4) is 5.75 Å². The lowest BCUT2D eigenvalue weighted by atomic mass is 10.1. The first-order valence-electron chi connectivity index (χ1n) is 8.89. The third-order valence-electron chi connectivity index (χ3n) is 4.41. The van der Waals surface area contributed by atoms with Gasteiger partial charge in [0.2, 0.25) is 0 Å². The van der Waals surface area contributed by atoms with Gasteiger partial charge in [0.15, 0.2) is 0 Å². The van der Waals surface area contributed by atoms with Crippen LogP contribution in [0.25, 0.3) is 10.9 Å². The Kier molecular flexibility index (Phi) is 6.06. The van der Waals surface area contributed by atoms with E-state index in [-0.39, 0.29) is 6.09 Å². The first-order chi connectivity index (χ1) is 12.3. The molecule has 1 saturated heterocycles. The summed E-state index contributed by atoms with van der Waals surface area (Å²) in [6.07, 6.45) is 3.46. The predicted octanol–water partition coefficient (Wildman–Crippen LogP) is 2.82. The number of hydrogen-bond acceptors (Lipinski definition) is 5. The van der Waals surface area contributed by atoms with Gasteiger partial charge in [-0.1, -0.05) is 18.2 Å². The predicted molar refractivity (Wildman–Crippen MR) is 96.9 cm³/mol. The van der Waals surface area contributed by atoms with Crippen LogP contribution in [0.4, 0.5) is 4.79 Å². The molecule has 0 bridgehead atoms. The van der Waals surface area contributed by atoms with Gasteiger partial charge >= 0.3 is 6.09 Å². The average molecular weight is 343 g/mol. The van der Waals surface area contributed by atoms with Gasteiger partial charge in [-0.15, -0.1) is 0 Å². The van der Waals surface area contributed by atoms with Crippen LogP contribution in [-0.4, -0.2) is 54.9 Å². The van der Waals surface area contributed by atoms with E-state index in [1.54, 1.807) is 11.1 Å². The van der Waals surface area contributed by atoms with Gasteiger partial charge in [-0.05, 0) is 31.9 Å². The molecule has 1 aliphatic heterocycles. The molecule has 0 aliphatic carbocycles. The van der Waals surface area contributed by atoms with Crippen LogP contribution < -0.4 is 10.1 Å². The van der Waals surface area contributed by atoms with Gasteiger partial charge in [0.05, 0.1) is 6.61 Å². The molecule has 0 atom stereocenters. The highest BCUT2D eigenvalue weighted by molar-refractivity contribution is 5.84. The number of ether oxygens (including phenoxy) is 2. The number of likely N-dealkylation sites (tertiary alicyclic amines) is 1. The van der Waals surface area contributed by atoms with Crippen LogP contribution in [0.3, 0.4) is 0 Å². The maximum atomic E-state index is 11.7. The number of fused-ring (bicyclic) bond motifs is 1. The second-order valence-electron chi connectivity index (χ2n) is 6.09. The standard InChI is InChI=1S/C19H25N3O3/c1-2-24-19(23)22-12-8-16(9-13-22)20-11-14-25-17-7-3-5-15-6-4-10-21-18(15)17/h3-7,10,16,20H,2,8-9,11-14H2,1H3. The number of carbonyl (C=O) groups excluding carboxylic acids is 1. The van der Waals surface area contributed by atoms with Crippen molar-refractivity contribution in [2.45, 2.75) is 25.8 Å². The van der Waals surface area contributed by atoms with Crippen molar-refractivity contribution in [3.05, 3.63) is 36.5 Å². The maximum Gasteiger partial charge on any atom is 0.409 e. The number of rotatable bonds is 6. The van der Waals surface area contributed by atoms with E-state index in [1.165, 1.54) is 0 Å². The average Bonchev–Trinajstić information content (AvgIpc) is 2.66. The van der Waals surface area contributed by atoms with Crippen LogP contribution in [0, 0.1) is 0 Å². The molecule has 1 aliphatic rings. The van der Waals surface area contributed by atoms with Crippen LogP contribution in [0.1, 0.15) is 19.8 Å². The number of nitrogens with zero attached hydrogens (tertiary/aromatic N) is 2. The van der Waals surface area contributed by atoms with Crippen molar-refractivity contribution in [1.82, 2.24) is 15.2 Å². The quantitative estimate of drug-likeness (QED) is 0.817. The Morgan fingerprint density at radius 2 is 2.08 bits per heavy atom. The molecule has 1 fully saturated rings. The summed E-state index contributed by atoms with van der Waals surface area (Å²) in [5, 5.41) is 4.59. The van der Waals surface area contributed by atoms with E-state index >= 15 is 0 Å². The highest BCUT2D eigenvalue weighted by atomic mass is 16.6. The molecule has 1 aromatic heterocycles. The molecule has 6 nitrogen and oxygen atoms in total. The summed E-state index contributed by atoms with van der Waals surface area (Å²) in [5.41, 5.74) is 0.896. The van der Waals surface area contributed by atoms with Crippen LogP contribution in [-0.2, 0) is 4.74 Å². The molecule has 2 aromatic rings. The molecular weight excluding hydrogens is 318 g/mol. The molecule has 0 unspecified atom stereocenters. The van der Waals surface area contributed by atoms with Crippen molar-refractivity contribution in [3.63, 3.8) is 0 Å². The number of benzene rings is 1. The van der Waals surface area contributed by atoms with E-state index in [0.29, 0.717) is 19.3 Å². The lowest BCUT2D eigenvalue weighted by Gasteiger charge is -2.31. The Labute approximate surface area is 148 Å². The molecule has 25 heavy (non-hydrogen) atoms.